The van der Waals surface area contributed by atoms with Crippen molar-refractivity contribution in [1.82, 2.24) is 0 Å². The summed E-state index contributed by atoms with van der Waals surface area (Å²) in [5.41, 5.74) is 6.44. The number of benzene rings is 1. The van der Waals surface area contributed by atoms with E-state index in [-0.39, 0.29) is 7.09 Å². The molecule has 0 aromatic heterocycles. The Labute approximate surface area is 101 Å². The van der Waals surface area contributed by atoms with Gasteiger partial charge in [0, 0.05) is 0 Å². The van der Waals surface area contributed by atoms with Crippen molar-refractivity contribution in [1.29, 1.82) is 0 Å². The Morgan fingerprint density at radius 3 is 3.06 bits per heavy atom. The quantitative estimate of drug-likeness (QED) is 0.814. The van der Waals surface area contributed by atoms with Gasteiger partial charge in [-0.05, 0) is 24.1 Å². The molecule has 1 atom stereocenters. The van der Waals surface area contributed by atoms with Gasteiger partial charge in [0.15, 0.2) is 0 Å². The van der Waals surface area contributed by atoms with Crippen LogP contribution in [0, 0.1) is 0 Å². The average Bonchev–Trinajstić information content (AvgIpc) is 2.32. The molecule has 0 radical (unpaired) electrons. The Morgan fingerprint density at radius 2 is 2.44 bits per heavy atom. The largest absolute Gasteiger partial charge is 0.495 e. The maximum atomic E-state index is 11.2. The lowest BCUT2D eigenvalue weighted by Crippen LogP contribution is -2.33. The van der Waals surface area contributed by atoms with E-state index in [1.165, 1.54) is 7.11 Å². The fourth-order valence-corrected chi connectivity index (χ4v) is 1.45. The van der Waals surface area contributed by atoms with Gasteiger partial charge < -0.3 is 15.2 Å². The Kier molecular flexibility index (Phi) is 4.02. The molecule has 5 heteroatoms. The minimum Gasteiger partial charge on any atom is -0.495 e. The van der Waals surface area contributed by atoms with Crippen LogP contribution in [0.3, 0.4) is 0 Å². The Morgan fingerprint density at radius 1 is 1.69 bits per heavy atom. The number of rotatable bonds is 4. The molecule has 0 spiro atoms. The van der Waals surface area contributed by atoms with Gasteiger partial charge in [-0.3, -0.25) is 4.79 Å². The molecular weight excluding hydrogens is 230 g/mol. The second-order valence-electron chi connectivity index (χ2n) is 3.24. The molecule has 4 nitrogen and oxygen atoms in total. The summed E-state index contributed by atoms with van der Waals surface area (Å²) < 4.78 is 16.5. The lowest BCUT2D eigenvalue weighted by atomic mass is 10.1. The third-order valence-electron chi connectivity index (χ3n) is 2.11. The molecule has 0 aliphatic rings. The van der Waals surface area contributed by atoms with Crippen LogP contribution in [0.2, 0.25) is 5.02 Å². The van der Waals surface area contributed by atoms with Gasteiger partial charge in [-0.2, -0.15) is 0 Å². The fraction of sp³-hybridized carbons (Fsp3) is 0.364. The van der Waals surface area contributed by atoms with Gasteiger partial charge in [0.25, 0.3) is 0 Å². The van der Waals surface area contributed by atoms with Crippen LogP contribution < -0.4 is 10.5 Å². The fourth-order valence-electron chi connectivity index (χ4n) is 1.27. The highest BCUT2D eigenvalue weighted by atomic mass is 35.5. The van der Waals surface area contributed by atoms with Gasteiger partial charge in [-0.15, -0.1) is 0 Å². The molecule has 2 N–H and O–H groups in total. The van der Waals surface area contributed by atoms with Crippen molar-refractivity contribution in [2.45, 2.75) is 12.5 Å². The summed E-state index contributed by atoms with van der Waals surface area (Å²) >= 11 is 5.87. The Balaban J connectivity index is 2.78. The van der Waals surface area contributed by atoms with Crippen LogP contribution >= 0.6 is 11.6 Å². The molecule has 1 rings (SSSR count). The van der Waals surface area contributed by atoms with E-state index >= 15 is 0 Å². The van der Waals surface area contributed by atoms with Gasteiger partial charge in [-0.1, -0.05) is 17.7 Å². The summed E-state index contributed by atoms with van der Waals surface area (Å²) in [5, 5.41) is 0.424. The summed E-state index contributed by atoms with van der Waals surface area (Å²) in [6, 6.07) is 4.35. The molecule has 0 amide bonds. The van der Waals surface area contributed by atoms with Gasteiger partial charge in [0.1, 0.15) is 11.8 Å². The minimum atomic E-state index is -0.718. The standard InChI is InChI=1S/C11H14ClNO3/c1-15-10-6-7(3-4-8(10)12)5-9(13)11(14)16-2/h3-4,6,9H,5,13H2,1-2H3/t9-/m0/s1/i1D. The molecule has 1 aromatic carbocycles. The summed E-state index contributed by atoms with van der Waals surface area (Å²) in [7, 11) is 1.07. The van der Waals surface area contributed by atoms with Crippen LogP contribution in [0.15, 0.2) is 18.2 Å². The second kappa shape index (κ2) is 5.72. The number of ether oxygens (including phenoxy) is 2. The first kappa shape index (κ1) is 11.2. The van der Waals surface area contributed by atoms with Crippen LogP contribution in [0.5, 0.6) is 5.75 Å². The number of hydrogen-bond acceptors (Lipinski definition) is 4. The summed E-state index contributed by atoms with van der Waals surface area (Å²) in [6.45, 7) is 0. The maximum absolute atomic E-state index is 11.2. The Bertz CT molecular complexity index is 400. The molecule has 0 aliphatic heterocycles. The van der Waals surface area contributed by atoms with E-state index in [0.29, 0.717) is 17.2 Å². The van der Waals surface area contributed by atoms with Crippen LogP contribution in [0.1, 0.15) is 6.93 Å². The van der Waals surface area contributed by atoms with Crippen LogP contribution in [-0.4, -0.2) is 26.2 Å². The van der Waals surface area contributed by atoms with E-state index in [9.17, 15) is 4.79 Å². The normalized spacial score (nSPS) is 12.8. The molecule has 88 valence electrons. The Hall–Kier alpha value is -1.26. The average molecular weight is 245 g/mol. The highest BCUT2D eigenvalue weighted by Gasteiger charge is 2.14. The first-order chi connectivity index (χ1) is 8.08. The van der Waals surface area contributed by atoms with Gasteiger partial charge >= 0.3 is 5.97 Å². The van der Waals surface area contributed by atoms with Crippen molar-refractivity contribution < 1.29 is 15.6 Å². The molecule has 16 heavy (non-hydrogen) atoms. The molecule has 0 fully saturated rings. The second-order valence-corrected chi connectivity index (χ2v) is 3.65. The molecule has 1 aromatic rings. The van der Waals surface area contributed by atoms with Crippen molar-refractivity contribution in [2.75, 3.05) is 14.2 Å². The minimum absolute atomic E-state index is 0.216. The third kappa shape index (κ3) is 3.12. The highest BCUT2D eigenvalue weighted by molar-refractivity contribution is 6.32. The van der Waals surface area contributed by atoms with E-state index in [1.54, 1.807) is 18.2 Å². The van der Waals surface area contributed by atoms with E-state index < -0.39 is 12.0 Å². The number of carbonyl (C=O) groups is 1. The van der Waals surface area contributed by atoms with Crippen molar-refractivity contribution in [2.24, 2.45) is 5.73 Å². The number of methoxy groups -OCH3 is 2. The molecule has 0 saturated carbocycles. The first-order valence-corrected chi connectivity index (χ1v) is 5.00. The summed E-state index contributed by atoms with van der Waals surface area (Å²) in [6.07, 6.45) is 0.332. The van der Waals surface area contributed by atoms with E-state index in [1.807, 2.05) is 0 Å². The predicted molar refractivity (Wildman–Crippen MR) is 61.7 cm³/mol. The van der Waals surface area contributed by atoms with Crippen molar-refractivity contribution in [3.05, 3.63) is 28.8 Å². The molecule has 0 aliphatic carbocycles. The third-order valence-corrected chi connectivity index (χ3v) is 2.42. The van der Waals surface area contributed by atoms with Gasteiger partial charge in [0.2, 0.25) is 0 Å². The number of halogens is 1. The molecular formula is C11H14ClNO3. The SMILES string of the molecule is [2H]COc1cc(C[C@H](N)C(=O)OC)ccc1Cl. The van der Waals surface area contributed by atoms with Crippen LogP contribution in [0.4, 0.5) is 0 Å². The summed E-state index contributed by atoms with van der Waals surface area (Å²) in [5.74, 6) is -0.0563. The van der Waals surface area contributed by atoms with Gasteiger partial charge in [0.05, 0.1) is 20.6 Å². The lowest BCUT2D eigenvalue weighted by Gasteiger charge is -2.10. The van der Waals surface area contributed by atoms with Crippen molar-refractivity contribution >= 4 is 17.6 Å². The zero-order chi connectivity index (χ0) is 12.8. The number of esters is 1. The number of hydrogen-bond donors (Lipinski definition) is 1. The number of nitrogens with two attached hydrogens (primary N) is 1. The first-order valence-electron chi connectivity index (χ1n) is 5.33. The zero-order valence-corrected chi connectivity index (χ0v) is 9.66. The number of carbonyl (C=O) groups excluding carboxylic acids is 1. The zero-order valence-electron chi connectivity index (χ0n) is 9.90. The molecule has 0 unspecified atom stereocenters. The monoisotopic (exact) mass is 244 g/mol. The smallest absolute Gasteiger partial charge is 0.322 e. The van der Waals surface area contributed by atoms with Crippen LogP contribution in [-0.2, 0) is 16.0 Å². The van der Waals surface area contributed by atoms with E-state index in [0.717, 1.165) is 5.56 Å². The summed E-state index contributed by atoms with van der Waals surface area (Å²) in [4.78, 5) is 11.2. The van der Waals surface area contributed by atoms with Crippen molar-refractivity contribution in [3.63, 3.8) is 0 Å². The van der Waals surface area contributed by atoms with E-state index in [4.69, 9.17) is 23.4 Å². The molecule has 0 saturated heterocycles. The predicted octanol–water partition coefficient (Wildman–Crippen LogP) is 1.39. The topological polar surface area (TPSA) is 61.5 Å². The lowest BCUT2D eigenvalue weighted by molar-refractivity contribution is -0.142. The van der Waals surface area contributed by atoms with E-state index in [2.05, 4.69) is 4.74 Å². The molecule has 0 heterocycles. The molecule has 0 bridgehead atoms. The highest BCUT2D eigenvalue weighted by Crippen LogP contribution is 2.25. The van der Waals surface area contributed by atoms with Crippen LogP contribution in [0.25, 0.3) is 0 Å². The van der Waals surface area contributed by atoms with Crippen molar-refractivity contribution in [3.8, 4) is 5.75 Å². The maximum Gasteiger partial charge on any atom is 0.322 e. The van der Waals surface area contributed by atoms with Gasteiger partial charge in [-0.25, -0.2) is 0 Å².